The van der Waals surface area contributed by atoms with Crippen molar-refractivity contribution in [1.29, 1.82) is 0 Å². The highest BCUT2D eigenvalue weighted by atomic mass is 16.5. The van der Waals surface area contributed by atoms with E-state index in [1.54, 1.807) is 19.1 Å². The predicted octanol–water partition coefficient (Wildman–Crippen LogP) is 2.64. The molecule has 2 rings (SSSR count). The van der Waals surface area contributed by atoms with Crippen LogP contribution in [0.4, 0.5) is 4.79 Å². The van der Waals surface area contributed by atoms with Crippen molar-refractivity contribution in [2.45, 2.75) is 52.1 Å². The van der Waals surface area contributed by atoms with Crippen molar-refractivity contribution in [3.8, 4) is 11.5 Å². The van der Waals surface area contributed by atoms with E-state index in [9.17, 15) is 9.59 Å². The van der Waals surface area contributed by atoms with Gasteiger partial charge in [0.15, 0.2) is 11.5 Å². The molecule has 1 atom stereocenters. The number of carbonyl (C=O) groups excluding carboxylic acids is 2. The van der Waals surface area contributed by atoms with Crippen LogP contribution in [0.15, 0.2) is 12.1 Å². The van der Waals surface area contributed by atoms with E-state index in [0.717, 1.165) is 11.1 Å². The molecule has 7 heteroatoms. The predicted molar refractivity (Wildman–Crippen MR) is 104 cm³/mol. The summed E-state index contributed by atoms with van der Waals surface area (Å²) in [6.45, 7) is 8.57. The first kappa shape index (κ1) is 20.9. The fourth-order valence-corrected chi connectivity index (χ4v) is 3.22. The van der Waals surface area contributed by atoms with Gasteiger partial charge in [0.05, 0.1) is 20.3 Å². The maximum absolute atomic E-state index is 12.9. The van der Waals surface area contributed by atoms with E-state index in [1.807, 2.05) is 39.8 Å². The van der Waals surface area contributed by atoms with Crippen LogP contribution in [-0.2, 0) is 11.2 Å². The van der Waals surface area contributed by atoms with E-state index >= 15 is 0 Å². The molecule has 27 heavy (non-hydrogen) atoms. The summed E-state index contributed by atoms with van der Waals surface area (Å²) < 4.78 is 10.8. The van der Waals surface area contributed by atoms with Gasteiger partial charge >= 0.3 is 6.03 Å². The molecule has 0 saturated heterocycles. The van der Waals surface area contributed by atoms with E-state index < -0.39 is 0 Å². The summed E-state index contributed by atoms with van der Waals surface area (Å²) in [4.78, 5) is 26.5. The maximum Gasteiger partial charge on any atom is 0.318 e. The van der Waals surface area contributed by atoms with Crippen LogP contribution in [-0.4, -0.2) is 49.7 Å². The van der Waals surface area contributed by atoms with Gasteiger partial charge in [-0.2, -0.15) is 0 Å². The Morgan fingerprint density at radius 2 is 1.81 bits per heavy atom. The largest absolute Gasteiger partial charge is 0.493 e. The lowest BCUT2D eigenvalue weighted by Gasteiger charge is -2.39. The lowest BCUT2D eigenvalue weighted by Crippen LogP contribution is -2.53. The number of nitrogens with one attached hydrogen (secondary N) is 2. The summed E-state index contributed by atoms with van der Waals surface area (Å²) in [5.41, 5.74) is 1.73. The molecule has 1 heterocycles. The molecular formula is C20H31N3O4. The van der Waals surface area contributed by atoms with Gasteiger partial charge in [-0.05, 0) is 50.5 Å². The van der Waals surface area contributed by atoms with Gasteiger partial charge in [0, 0.05) is 25.0 Å². The van der Waals surface area contributed by atoms with Crippen molar-refractivity contribution in [3.63, 3.8) is 0 Å². The second-order valence-corrected chi connectivity index (χ2v) is 7.70. The number of benzene rings is 1. The number of rotatable bonds is 5. The zero-order chi connectivity index (χ0) is 20.2. The lowest BCUT2D eigenvalue weighted by atomic mass is 9.91. The van der Waals surface area contributed by atoms with E-state index in [1.165, 1.54) is 0 Å². The van der Waals surface area contributed by atoms with Crippen molar-refractivity contribution >= 4 is 11.9 Å². The molecular weight excluding hydrogens is 346 g/mol. The second kappa shape index (κ2) is 8.50. The summed E-state index contributed by atoms with van der Waals surface area (Å²) >= 11 is 0. The molecule has 0 fully saturated rings. The fourth-order valence-electron chi connectivity index (χ4n) is 3.22. The first-order valence-corrected chi connectivity index (χ1v) is 9.30. The van der Waals surface area contributed by atoms with Crippen molar-refractivity contribution in [1.82, 2.24) is 15.5 Å². The quantitative estimate of drug-likeness (QED) is 0.827. The van der Waals surface area contributed by atoms with Crippen LogP contribution in [0.25, 0.3) is 0 Å². The molecule has 0 bridgehead atoms. The van der Waals surface area contributed by atoms with Crippen LogP contribution in [0.3, 0.4) is 0 Å². The van der Waals surface area contributed by atoms with E-state index in [4.69, 9.17) is 9.47 Å². The van der Waals surface area contributed by atoms with Gasteiger partial charge in [-0.3, -0.25) is 4.79 Å². The van der Waals surface area contributed by atoms with Crippen LogP contribution < -0.4 is 20.1 Å². The van der Waals surface area contributed by atoms with Crippen LogP contribution >= 0.6 is 0 Å². The Morgan fingerprint density at radius 3 is 2.37 bits per heavy atom. The average molecular weight is 377 g/mol. The highest BCUT2D eigenvalue weighted by Gasteiger charge is 2.33. The van der Waals surface area contributed by atoms with Crippen LogP contribution in [0.1, 0.15) is 51.3 Å². The van der Waals surface area contributed by atoms with Crippen molar-refractivity contribution in [3.05, 3.63) is 23.3 Å². The molecule has 3 amide bonds. The molecule has 1 aliphatic rings. The van der Waals surface area contributed by atoms with Crippen LogP contribution in [0.2, 0.25) is 0 Å². The Morgan fingerprint density at radius 1 is 1.19 bits per heavy atom. The molecule has 0 radical (unpaired) electrons. The molecule has 7 nitrogen and oxygen atoms in total. The average Bonchev–Trinajstić information content (AvgIpc) is 2.62. The number of amides is 3. The second-order valence-electron chi connectivity index (χ2n) is 7.70. The molecule has 1 aromatic carbocycles. The van der Waals surface area contributed by atoms with Crippen LogP contribution in [0, 0.1) is 0 Å². The minimum Gasteiger partial charge on any atom is -0.493 e. The zero-order valence-corrected chi connectivity index (χ0v) is 17.1. The van der Waals surface area contributed by atoms with Gasteiger partial charge < -0.3 is 25.0 Å². The Kier molecular flexibility index (Phi) is 6.57. The Hall–Kier alpha value is -2.44. The highest BCUT2D eigenvalue weighted by molar-refractivity contribution is 5.77. The number of fused-ring (bicyclic) bond motifs is 1. The van der Waals surface area contributed by atoms with Gasteiger partial charge in [0.25, 0.3) is 0 Å². The van der Waals surface area contributed by atoms with Gasteiger partial charge in [-0.1, -0.05) is 6.92 Å². The topological polar surface area (TPSA) is 79.9 Å². The third-order valence-electron chi connectivity index (χ3n) is 4.56. The summed E-state index contributed by atoms with van der Waals surface area (Å²) in [7, 11) is 3.19. The van der Waals surface area contributed by atoms with Gasteiger partial charge in [0.2, 0.25) is 5.91 Å². The standard InChI is InChI=1S/C20H31N3O4/c1-7-18(24)21-12-15-14-11-17(27-6)16(26-5)10-13(14)8-9-23(15)19(25)22-20(2,3)4/h10-11,15H,7-9,12H2,1-6H3,(H,21,24)(H,22,25)/t15-/m1/s1. The summed E-state index contributed by atoms with van der Waals surface area (Å²) in [5.74, 6) is 1.24. The molecule has 1 aromatic rings. The first-order chi connectivity index (χ1) is 12.7. The van der Waals surface area contributed by atoms with E-state index in [-0.39, 0.29) is 23.5 Å². The number of carbonyl (C=O) groups is 2. The molecule has 2 N–H and O–H groups in total. The zero-order valence-electron chi connectivity index (χ0n) is 17.1. The summed E-state index contributed by atoms with van der Waals surface area (Å²) in [6, 6.07) is 3.46. The highest BCUT2D eigenvalue weighted by Crippen LogP contribution is 2.38. The first-order valence-electron chi connectivity index (χ1n) is 9.30. The number of nitrogens with zero attached hydrogens (tertiary/aromatic N) is 1. The van der Waals surface area contributed by atoms with Crippen LogP contribution in [0.5, 0.6) is 11.5 Å². The molecule has 0 aliphatic carbocycles. The fraction of sp³-hybridized carbons (Fsp3) is 0.600. The smallest absolute Gasteiger partial charge is 0.318 e. The minimum atomic E-state index is -0.341. The number of hydrogen-bond acceptors (Lipinski definition) is 4. The molecule has 0 spiro atoms. The number of urea groups is 1. The SMILES string of the molecule is CCC(=O)NC[C@@H]1c2cc(OC)c(OC)cc2CCN1C(=O)NC(C)(C)C. The van der Waals surface area contributed by atoms with Gasteiger partial charge in [-0.25, -0.2) is 4.79 Å². The number of hydrogen-bond donors (Lipinski definition) is 2. The minimum absolute atomic E-state index is 0.0428. The monoisotopic (exact) mass is 377 g/mol. The van der Waals surface area contributed by atoms with E-state index in [0.29, 0.717) is 37.4 Å². The Labute approximate surface area is 161 Å². The van der Waals surface area contributed by atoms with Crippen molar-refractivity contribution in [2.75, 3.05) is 27.3 Å². The van der Waals surface area contributed by atoms with Crippen molar-refractivity contribution in [2.24, 2.45) is 0 Å². The third kappa shape index (κ3) is 5.05. The Bertz CT molecular complexity index is 697. The van der Waals surface area contributed by atoms with Gasteiger partial charge in [0.1, 0.15) is 0 Å². The summed E-state index contributed by atoms with van der Waals surface area (Å²) in [5, 5.41) is 5.94. The lowest BCUT2D eigenvalue weighted by molar-refractivity contribution is -0.121. The summed E-state index contributed by atoms with van der Waals surface area (Å²) in [6.07, 6.45) is 1.12. The maximum atomic E-state index is 12.9. The molecule has 0 unspecified atom stereocenters. The van der Waals surface area contributed by atoms with Gasteiger partial charge in [-0.15, -0.1) is 0 Å². The number of methoxy groups -OCH3 is 2. The van der Waals surface area contributed by atoms with E-state index in [2.05, 4.69) is 10.6 Å². The molecule has 1 aliphatic heterocycles. The molecule has 0 aromatic heterocycles. The van der Waals surface area contributed by atoms with Crippen molar-refractivity contribution < 1.29 is 19.1 Å². The molecule has 150 valence electrons. The Balaban J connectivity index is 2.40. The molecule has 0 saturated carbocycles. The third-order valence-corrected chi connectivity index (χ3v) is 4.56. The number of ether oxygens (including phenoxy) is 2. The normalized spacial score (nSPS) is 16.4.